The molecule has 0 aromatic carbocycles. The molecule has 7 nitrogen and oxygen atoms in total. The normalized spacial score (nSPS) is 10.7. The fourth-order valence-electron chi connectivity index (χ4n) is 2.81. The van der Waals surface area contributed by atoms with Crippen LogP contribution in [-0.4, -0.2) is 26.7 Å². The van der Waals surface area contributed by atoms with Crippen LogP contribution in [0.2, 0.25) is 0 Å². The van der Waals surface area contributed by atoms with Crippen molar-refractivity contribution in [3.05, 3.63) is 87.7 Å². The van der Waals surface area contributed by atoms with Gasteiger partial charge < -0.3 is 9.32 Å². The molecule has 1 N–H and O–H groups in total. The molecule has 4 aromatic rings. The predicted molar refractivity (Wildman–Crippen MR) is 115 cm³/mol. The molecule has 0 spiro atoms. The Kier molecular flexibility index (Phi) is 6.31. The molecule has 9 heteroatoms. The standard InChI is InChI=1S/C21H18N4O3S2/c26-19(10-16-14-30-21(23-16)24-20(27)18-6-3-9-29-18)25(13-17-5-2-8-28-17)12-15-4-1-7-22-11-15/h1-9,11,14H,10,12-13H2,(H,23,24,27). The first-order valence-corrected chi connectivity index (χ1v) is 10.9. The van der Waals surface area contributed by atoms with Crippen LogP contribution in [0.1, 0.15) is 26.7 Å². The third kappa shape index (κ3) is 5.19. The second-order valence-electron chi connectivity index (χ2n) is 6.44. The molecule has 0 unspecified atom stereocenters. The van der Waals surface area contributed by atoms with E-state index in [2.05, 4.69) is 15.3 Å². The summed E-state index contributed by atoms with van der Waals surface area (Å²) >= 11 is 2.66. The summed E-state index contributed by atoms with van der Waals surface area (Å²) in [6.07, 6.45) is 5.16. The van der Waals surface area contributed by atoms with Gasteiger partial charge in [0, 0.05) is 24.3 Å². The maximum atomic E-state index is 13.0. The summed E-state index contributed by atoms with van der Waals surface area (Å²) in [6, 6.07) is 11.0. The van der Waals surface area contributed by atoms with Gasteiger partial charge in [-0.1, -0.05) is 12.1 Å². The van der Waals surface area contributed by atoms with Crippen molar-refractivity contribution in [3.8, 4) is 0 Å². The lowest BCUT2D eigenvalue weighted by atomic mass is 10.2. The number of aromatic nitrogens is 2. The maximum Gasteiger partial charge on any atom is 0.267 e. The molecule has 0 aliphatic carbocycles. The number of carbonyl (C=O) groups is 2. The van der Waals surface area contributed by atoms with E-state index in [-0.39, 0.29) is 18.2 Å². The molecule has 2 amide bonds. The number of nitrogens with zero attached hydrogens (tertiary/aromatic N) is 3. The summed E-state index contributed by atoms with van der Waals surface area (Å²) < 4.78 is 5.42. The topological polar surface area (TPSA) is 88.3 Å². The van der Waals surface area contributed by atoms with Crippen molar-refractivity contribution in [3.63, 3.8) is 0 Å². The highest BCUT2D eigenvalue weighted by Gasteiger charge is 2.18. The van der Waals surface area contributed by atoms with Gasteiger partial charge in [0.15, 0.2) is 5.13 Å². The average molecular weight is 439 g/mol. The Morgan fingerprint density at radius 3 is 2.77 bits per heavy atom. The van der Waals surface area contributed by atoms with E-state index in [9.17, 15) is 9.59 Å². The molecule has 0 aliphatic heterocycles. The predicted octanol–water partition coefficient (Wildman–Crippen LogP) is 4.22. The third-order valence-electron chi connectivity index (χ3n) is 4.23. The average Bonchev–Trinajstić information content (AvgIpc) is 3.52. The molecule has 152 valence electrons. The van der Waals surface area contributed by atoms with Crippen LogP contribution in [0, 0.1) is 0 Å². The summed E-state index contributed by atoms with van der Waals surface area (Å²) in [5.74, 6) is 0.416. The second-order valence-corrected chi connectivity index (χ2v) is 8.25. The lowest BCUT2D eigenvalue weighted by molar-refractivity contribution is -0.132. The van der Waals surface area contributed by atoms with Crippen LogP contribution in [-0.2, 0) is 24.3 Å². The van der Waals surface area contributed by atoms with Gasteiger partial charge in [0.25, 0.3) is 5.91 Å². The van der Waals surface area contributed by atoms with Crippen molar-refractivity contribution in [2.24, 2.45) is 0 Å². The Hall–Kier alpha value is -3.30. The number of rotatable bonds is 8. The monoisotopic (exact) mass is 438 g/mol. The van der Waals surface area contributed by atoms with Crippen LogP contribution in [0.15, 0.2) is 70.2 Å². The van der Waals surface area contributed by atoms with E-state index < -0.39 is 0 Å². The first-order chi connectivity index (χ1) is 14.7. The maximum absolute atomic E-state index is 13.0. The highest BCUT2D eigenvalue weighted by atomic mass is 32.1. The van der Waals surface area contributed by atoms with Gasteiger partial charge in [-0.05, 0) is 35.2 Å². The van der Waals surface area contributed by atoms with Crippen molar-refractivity contribution < 1.29 is 14.0 Å². The van der Waals surface area contributed by atoms with E-state index in [4.69, 9.17) is 4.42 Å². The summed E-state index contributed by atoms with van der Waals surface area (Å²) in [7, 11) is 0. The number of pyridine rings is 1. The lowest BCUT2D eigenvalue weighted by Gasteiger charge is -2.21. The summed E-state index contributed by atoms with van der Waals surface area (Å²) in [5, 5.41) is 6.88. The summed E-state index contributed by atoms with van der Waals surface area (Å²) in [6.45, 7) is 0.770. The zero-order valence-electron chi connectivity index (χ0n) is 15.9. The van der Waals surface area contributed by atoms with E-state index in [1.165, 1.54) is 22.7 Å². The number of amides is 2. The number of thiazole rings is 1. The van der Waals surface area contributed by atoms with Gasteiger partial charge in [-0.2, -0.15) is 0 Å². The first-order valence-electron chi connectivity index (χ1n) is 9.15. The third-order valence-corrected chi connectivity index (χ3v) is 5.90. The lowest BCUT2D eigenvalue weighted by Crippen LogP contribution is -2.31. The molecular weight excluding hydrogens is 420 g/mol. The van der Waals surface area contributed by atoms with E-state index in [0.29, 0.717) is 34.6 Å². The number of hydrogen-bond donors (Lipinski definition) is 1. The van der Waals surface area contributed by atoms with Crippen molar-refractivity contribution in [2.45, 2.75) is 19.5 Å². The number of carbonyl (C=O) groups excluding carboxylic acids is 2. The highest BCUT2D eigenvalue weighted by molar-refractivity contribution is 7.14. The molecule has 30 heavy (non-hydrogen) atoms. The van der Waals surface area contributed by atoms with E-state index in [0.717, 1.165) is 5.56 Å². The number of hydrogen-bond acceptors (Lipinski definition) is 7. The number of nitrogens with one attached hydrogen (secondary N) is 1. The molecular formula is C21H18N4O3S2. The van der Waals surface area contributed by atoms with Crippen LogP contribution in [0.4, 0.5) is 5.13 Å². The van der Waals surface area contributed by atoms with Crippen molar-refractivity contribution >= 4 is 39.6 Å². The van der Waals surface area contributed by atoms with E-state index in [1.807, 2.05) is 29.6 Å². The minimum atomic E-state index is -0.201. The fourth-order valence-corrected chi connectivity index (χ4v) is 4.14. The van der Waals surface area contributed by atoms with Gasteiger partial charge in [0.2, 0.25) is 5.91 Å². The van der Waals surface area contributed by atoms with E-state index >= 15 is 0 Å². The molecule has 0 atom stereocenters. The molecule has 0 saturated carbocycles. The Bertz CT molecular complexity index is 1090. The molecule has 0 radical (unpaired) electrons. The Labute approximate surface area is 181 Å². The number of anilines is 1. The van der Waals surface area contributed by atoms with Crippen molar-refractivity contribution in [1.29, 1.82) is 0 Å². The first kappa shape index (κ1) is 20.0. The van der Waals surface area contributed by atoms with Crippen LogP contribution < -0.4 is 5.32 Å². The molecule has 0 aliphatic rings. The van der Waals surface area contributed by atoms with Gasteiger partial charge in [0.05, 0.1) is 29.8 Å². The molecule has 4 rings (SSSR count). The van der Waals surface area contributed by atoms with Gasteiger partial charge >= 0.3 is 0 Å². The smallest absolute Gasteiger partial charge is 0.267 e. The largest absolute Gasteiger partial charge is 0.467 e. The van der Waals surface area contributed by atoms with E-state index in [1.54, 1.807) is 41.1 Å². The zero-order valence-corrected chi connectivity index (χ0v) is 17.5. The molecule has 0 fully saturated rings. The van der Waals surface area contributed by atoms with Crippen LogP contribution in [0.5, 0.6) is 0 Å². The minimum Gasteiger partial charge on any atom is -0.467 e. The number of furan rings is 1. The fraction of sp³-hybridized carbons (Fsp3) is 0.143. The van der Waals surface area contributed by atoms with Gasteiger partial charge in [-0.3, -0.25) is 19.9 Å². The summed E-state index contributed by atoms with van der Waals surface area (Å²) in [5.41, 5.74) is 1.54. The Morgan fingerprint density at radius 1 is 1.10 bits per heavy atom. The van der Waals surface area contributed by atoms with Crippen LogP contribution >= 0.6 is 22.7 Å². The summed E-state index contributed by atoms with van der Waals surface area (Å²) in [4.78, 5) is 36.0. The zero-order chi connectivity index (χ0) is 20.8. The van der Waals surface area contributed by atoms with Gasteiger partial charge in [0.1, 0.15) is 5.76 Å². The van der Waals surface area contributed by atoms with Crippen molar-refractivity contribution in [1.82, 2.24) is 14.9 Å². The van der Waals surface area contributed by atoms with Gasteiger partial charge in [-0.25, -0.2) is 4.98 Å². The van der Waals surface area contributed by atoms with Crippen molar-refractivity contribution in [2.75, 3.05) is 5.32 Å². The van der Waals surface area contributed by atoms with Gasteiger partial charge in [-0.15, -0.1) is 22.7 Å². The number of thiophene rings is 1. The molecule has 0 bridgehead atoms. The SMILES string of the molecule is O=C(Nc1nc(CC(=O)N(Cc2cccnc2)Cc2ccco2)cs1)c1cccs1. The van der Waals surface area contributed by atoms with Crippen LogP contribution in [0.3, 0.4) is 0 Å². The highest BCUT2D eigenvalue weighted by Crippen LogP contribution is 2.20. The molecule has 4 aromatic heterocycles. The Balaban J connectivity index is 1.43. The minimum absolute atomic E-state index is 0.0864. The molecule has 4 heterocycles. The Morgan fingerprint density at radius 2 is 2.03 bits per heavy atom. The van der Waals surface area contributed by atoms with Crippen LogP contribution in [0.25, 0.3) is 0 Å². The second kappa shape index (κ2) is 9.47. The molecule has 0 saturated heterocycles. The quantitative estimate of drug-likeness (QED) is 0.445.